The van der Waals surface area contributed by atoms with Crippen LogP contribution in [0.2, 0.25) is 0 Å². The molecule has 0 fully saturated rings. The fourth-order valence-electron chi connectivity index (χ4n) is 0.828. The van der Waals surface area contributed by atoms with Crippen LogP contribution in [-0.2, 0) is 7.05 Å². The summed E-state index contributed by atoms with van der Waals surface area (Å²) in [5, 5.41) is 0. The molecule has 3 heteroatoms. The van der Waals surface area contributed by atoms with Gasteiger partial charge in [0.05, 0.1) is 0 Å². The normalized spacial score (nSPS) is 8.75. The van der Waals surface area contributed by atoms with Crippen molar-refractivity contribution in [2.75, 3.05) is 0 Å². The molecule has 0 radical (unpaired) electrons. The van der Waals surface area contributed by atoms with Gasteiger partial charge in [-0.25, -0.2) is 0 Å². The van der Waals surface area contributed by atoms with E-state index in [9.17, 15) is 4.79 Å². The van der Waals surface area contributed by atoms with Gasteiger partial charge in [-0.05, 0) is 28.9 Å². The van der Waals surface area contributed by atoms with Gasteiger partial charge in [0.25, 0.3) is 5.56 Å². The van der Waals surface area contributed by atoms with Crippen molar-refractivity contribution in [2.45, 2.75) is 20.8 Å². The minimum absolute atomic E-state index is 0.0585. The van der Waals surface area contributed by atoms with Gasteiger partial charge in [-0.2, -0.15) is 0 Å². The molecular formula is C9H14BrNO. The van der Waals surface area contributed by atoms with E-state index in [4.69, 9.17) is 0 Å². The van der Waals surface area contributed by atoms with Crippen LogP contribution in [0.1, 0.15) is 19.4 Å². The lowest BCUT2D eigenvalue weighted by Gasteiger charge is -1.98. The van der Waals surface area contributed by atoms with Crippen molar-refractivity contribution in [1.82, 2.24) is 4.57 Å². The van der Waals surface area contributed by atoms with Crippen molar-refractivity contribution < 1.29 is 0 Å². The highest BCUT2D eigenvalue weighted by Gasteiger charge is 1.95. The van der Waals surface area contributed by atoms with Crippen molar-refractivity contribution in [1.29, 1.82) is 0 Å². The largest absolute Gasteiger partial charge is 0.317 e. The summed E-state index contributed by atoms with van der Waals surface area (Å²) in [5.74, 6) is 0. The van der Waals surface area contributed by atoms with E-state index in [1.807, 2.05) is 19.9 Å². The van der Waals surface area contributed by atoms with Crippen LogP contribution in [0, 0.1) is 6.92 Å². The summed E-state index contributed by atoms with van der Waals surface area (Å²) in [7, 11) is 1.74. The molecule has 0 aliphatic rings. The van der Waals surface area contributed by atoms with Gasteiger partial charge in [0, 0.05) is 23.3 Å². The van der Waals surface area contributed by atoms with E-state index in [1.165, 1.54) is 0 Å². The number of nitrogens with zero attached hydrogens (tertiary/aromatic N) is 1. The summed E-state index contributed by atoms with van der Waals surface area (Å²) in [6.07, 6.45) is 1.75. The third kappa shape index (κ3) is 2.81. The molecule has 0 N–H and O–H groups in total. The molecule has 1 rings (SSSR count). The first-order valence-corrected chi connectivity index (χ1v) is 4.73. The zero-order valence-corrected chi connectivity index (χ0v) is 9.47. The Balaban J connectivity index is 0.000000561. The zero-order chi connectivity index (χ0) is 9.72. The summed E-state index contributed by atoms with van der Waals surface area (Å²) < 4.78 is 2.49. The molecule has 2 nitrogen and oxygen atoms in total. The number of hydrogen-bond acceptors (Lipinski definition) is 1. The maximum absolute atomic E-state index is 11.1. The van der Waals surface area contributed by atoms with Crippen LogP contribution in [0.25, 0.3) is 0 Å². The fraction of sp³-hybridized carbons (Fsp3) is 0.444. The molecule has 12 heavy (non-hydrogen) atoms. The van der Waals surface area contributed by atoms with E-state index < -0.39 is 0 Å². The number of hydrogen-bond donors (Lipinski definition) is 0. The minimum Gasteiger partial charge on any atom is -0.317 e. The van der Waals surface area contributed by atoms with Crippen LogP contribution in [0.3, 0.4) is 0 Å². The second kappa shape index (κ2) is 5.14. The van der Waals surface area contributed by atoms with Gasteiger partial charge in [0.15, 0.2) is 0 Å². The van der Waals surface area contributed by atoms with Crippen LogP contribution in [-0.4, -0.2) is 4.57 Å². The summed E-state index contributed by atoms with van der Waals surface area (Å²) in [6.45, 7) is 5.80. The van der Waals surface area contributed by atoms with Gasteiger partial charge in [-0.1, -0.05) is 13.8 Å². The molecule has 0 unspecified atom stereocenters. The van der Waals surface area contributed by atoms with E-state index in [1.54, 1.807) is 24.7 Å². The van der Waals surface area contributed by atoms with E-state index >= 15 is 0 Å². The average Bonchev–Trinajstić information content (AvgIpc) is 2.04. The van der Waals surface area contributed by atoms with Gasteiger partial charge >= 0.3 is 0 Å². The van der Waals surface area contributed by atoms with E-state index in [-0.39, 0.29) is 5.56 Å². The molecular weight excluding hydrogens is 218 g/mol. The maximum Gasteiger partial charge on any atom is 0.253 e. The summed E-state index contributed by atoms with van der Waals surface area (Å²) in [5.41, 5.74) is 0.820. The number of rotatable bonds is 0. The Labute approximate surface area is 81.4 Å². The van der Waals surface area contributed by atoms with Gasteiger partial charge in [0.2, 0.25) is 0 Å². The fourth-order valence-corrected chi connectivity index (χ4v) is 1.48. The molecule has 0 atom stereocenters. The zero-order valence-electron chi connectivity index (χ0n) is 7.89. The Kier molecular flexibility index (Phi) is 4.90. The Hall–Kier alpha value is -0.570. The molecule has 1 heterocycles. The highest BCUT2D eigenvalue weighted by atomic mass is 79.9. The second-order valence-electron chi connectivity index (χ2n) is 2.26. The highest BCUT2D eigenvalue weighted by Crippen LogP contribution is 2.06. The van der Waals surface area contributed by atoms with Crippen LogP contribution in [0.15, 0.2) is 21.5 Å². The first-order valence-electron chi connectivity index (χ1n) is 3.94. The Morgan fingerprint density at radius 1 is 1.42 bits per heavy atom. The molecule has 0 saturated heterocycles. The number of halogens is 1. The summed E-state index contributed by atoms with van der Waals surface area (Å²) >= 11 is 3.29. The Morgan fingerprint density at radius 3 is 2.33 bits per heavy atom. The van der Waals surface area contributed by atoms with Crippen LogP contribution < -0.4 is 5.56 Å². The first kappa shape index (κ1) is 11.4. The SMILES string of the molecule is CC.Cc1cc(Br)cn(C)c1=O. The number of aromatic nitrogens is 1. The monoisotopic (exact) mass is 231 g/mol. The molecule has 0 aliphatic carbocycles. The predicted molar refractivity (Wildman–Crippen MR) is 55.5 cm³/mol. The van der Waals surface area contributed by atoms with Crippen molar-refractivity contribution in [3.8, 4) is 0 Å². The van der Waals surface area contributed by atoms with Crippen LogP contribution in [0.5, 0.6) is 0 Å². The molecule has 1 aromatic heterocycles. The quantitative estimate of drug-likeness (QED) is 0.673. The molecule has 0 amide bonds. The molecule has 1 aromatic rings. The van der Waals surface area contributed by atoms with Crippen LogP contribution >= 0.6 is 15.9 Å². The minimum atomic E-state index is 0.0585. The molecule has 0 spiro atoms. The summed E-state index contributed by atoms with van der Waals surface area (Å²) in [4.78, 5) is 11.1. The first-order chi connectivity index (χ1) is 5.61. The van der Waals surface area contributed by atoms with Crippen molar-refractivity contribution in [3.63, 3.8) is 0 Å². The van der Waals surface area contributed by atoms with Crippen LogP contribution in [0.4, 0.5) is 0 Å². The average molecular weight is 232 g/mol. The molecule has 0 aliphatic heterocycles. The van der Waals surface area contributed by atoms with E-state index in [2.05, 4.69) is 15.9 Å². The molecule has 68 valence electrons. The molecule has 0 bridgehead atoms. The lowest BCUT2D eigenvalue weighted by molar-refractivity contribution is 0.844. The van der Waals surface area contributed by atoms with E-state index in [0.717, 1.165) is 10.0 Å². The van der Waals surface area contributed by atoms with Crippen molar-refractivity contribution >= 4 is 15.9 Å². The molecule has 0 aromatic carbocycles. The lowest BCUT2D eigenvalue weighted by atomic mass is 10.3. The highest BCUT2D eigenvalue weighted by molar-refractivity contribution is 9.10. The second-order valence-corrected chi connectivity index (χ2v) is 3.17. The standard InChI is InChI=1S/C7H8BrNO.C2H6/c1-5-3-6(8)4-9(2)7(5)10;1-2/h3-4H,1-2H3;1-2H3. The number of pyridine rings is 1. The third-order valence-electron chi connectivity index (χ3n) is 1.33. The van der Waals surface area contributed by atoms with Gasteiger partial charge in [-0.3, -0.25) is 4.79 Å². The predicted octanol–water partition coefficient (Wildman–Crippen LogP) is 2.48. The van der Waals surface area contributed by atoms with Gasteiger partial charge in [-0.15, -0.1) is 0 Å². The maximum atomic E-state index is 11.1. The van der Waals surface area contributed by atoms with Gasteiger partial charge in [0.1, 0.15) is 0 Å². The Morgan fingerprint density at radius 2 is 1.92 bits per heavy atom. The lowest BCUT2D eigenvalue weighted by Crippen LogP contribution is -2.17. The Bertz CT molecular complexity index is 278. The topological polar surface area (TPSA) is 22.0 Å². The third-order valence-corrected chi connectivity index (χ3v) is 1.76. The van der Waals surface area contributed by atoms with E-state index in [0.29, 0.717) is 0 Å². The van der Waals surface area contributed by atoms with Crippen molar-refractivity contribution in [2.24, 2.45) is 7.05 Å². The van der Waals surface area contributed by atoms with Crippen molar-refractivity contribution in [3.05, 3.63) is 32.7 Å². The summed E-state index contributed by atoms with van der Waals surface area (Å²) in [6, 6.07) is 1.81. The van der Waals surface area contributed by atoms with Gasteiger partial charge < -0.3 is 4.57 Å². The molecule has 0 saturated carbocycles. The smallest absolute Gasteiger partial charge is 0.253 e. The number of aryl methyl sites for hydroxylation is 2.